The zero-order valence-corrected chi connectivity index (χ0v) is 17.3. The van der Waals surface area contributed by atoms with Gasteiger partial charge in [0, 0.05) is 18.0 Å². The van der Waals surface area contributed by atoms with Crippen molar-refractivity contribution in [1.29, 1.82) is 0 Å². The fraction of sp³-hybridized carbons (Fsp3) is 0.350. The lowest BCUT2D eigenvalue weighted by atomic mass is 10.1. The van der Waals surface area contributed by atoms with Gasteiger partial charge in [-0.25, -0.2) is 13.2 Å². The molecule has 0 saturated carbocycles. The van der Waals surface area contributed by atoms with E-state index in [1.165, 1.54) is 10.4 Å². The Labute approximate surface area is 169 Å². The summed E-state index contributed by atoms with van der Waals surface area (Å²) < 4.78 is 32.5. The van der Waals surface area contributed by atoms with Crippen LogP contribution in [0.25, 0.3) is 11.6 Å². The smallest absolute Gasteiger partial charge is 0.337 e. The Morgan fingerprint density at radius 1 is 1.18 bits per heavy atom. The van der Waals surface area contributed by atoms with E-state index < -0.39 is 16.0 Å². The lowest BCUT2D eigenvalue weighted by Crippen LogP contribution is -2.27. The molecule has 1 fully saturated rings. The lowest BCUT2D eigenvalue weighted by molar-refractivity contribution is -0.130. The average Bonchev–Trinajstić information content (AvgIpc) is 3.37. The summed E-state index contributed by atoms with van der Waals surface area (Å²) in [6.07, 6.45) is 4.17. The van der Waals surface area contributed by atoms with E-state index in [0.717, 1.165) is 36.3 Å². The van der Waals surface area contributed by atoms with Crippen LogP contribution in [-0.2, 0) is 14.8 Å². The molecule has 8 heteroatoms. The van der Waals surface area contributed by atoms with Crippen LogP contribution in [0.15, 0.2) is 40.6 Å². The lowest BCUT2D eigenvalue weighted by Gasteiger charge is -2.13. The van der Waals surface area contributed by atoms with Crippen molar-refractivity contribution in [2.45, 2.75) is 30.4 Å². The minimum atomic E-state index is -3.55. The number of hydrogen-bond donors (Lipinski definition) is 1. The van der Waals surface area contributed by atoms with Gasteiger partial charge in [0.25, 0.3) is 10.0 Å². The molecule has 0 atom stereocenters. The van der Waals surface area contributed by atoms with Crippen LogP contribution in [0.3, 0.4) is 0 Å². The molecule has 1 aromatic heterocycles. The largest absolute Gasteiger partial charge is 0.494 e. The van der Waals surface area contributed by atoms with Crippen molar-refractivity contribution < 1.29 is 23.1 Å². The van der Waals surface area contributed by atoms with Crippen LogP contribution in [0, 0.1) is 0 Å². The molecule has 1 N–H and O–H groups in total. The maximum absolute atomic E-state index is 12.7. The number of nitrogens with zero attached hydrogens (tertiary/aromatic N) is 1. The molecular weight excluding hydrogens is 398 g/mol. The monoisotopic (exact) mass is 421 g/mol. The summed E-state index contributed by atoms with van der Waals surface area (Å²) in [5, 5.41) is 9.64. The van der Waals surface area contributed by atoms with Crippen LogP contribution in [0.4, 0.5) is 0 Å². The van der Waals surface area contributed by atoms with E-state index in [2.05, 4.69) is 0 Å². The van der Waals surface area contributed by atoms with Gasteiger partial charge in [0.1, 0.15) is 9.96 Å². The molecule has 0 amide bonds. The Balaban J connectivity index is 1.86. The standard InChI is InChI=1S/C20H23NO5S2/c1-2-13-26-16-7-5-15(6-8-16)14-17(20(22)23)18-9-10-19(27-18)28(24,25)21-11-3-4-12-21/h5-10,14H,2-4,11-13H2,1H3,(H,22,23)/b17-14-. The van der Waals surface area contributed by atoms with Crippen molar-refractivity contribution in [3.05, 3.63) is 46.8 Å². The van der Waals surface area contributed by atoms with Crippen LogP contribution < -0.4 is 4.74 Å². The first kappa shape index (κ1) is 20.6. The number of hydrogen-bond acceptors (Lipinski definition) is 5. The van der Waals surface area contributed by atoms with Crippen molar-refractivity contribution in [1.82, 2.24) is 4.31 Å². The molecule has 1 aliphatic heterocycles. The first-order valence-electron chi connectivity index (χ1n) is 9.20. The molecule has 0 aliphatic carbocycles. The van der Waals surface area contributed by atoms with Crippen molar-refractivity contribution in [3.63, 3.8) is 0 Å². The van der Waals surface area contributed by atoms with Gasteiger partial charge < -0.3 is 9.84 Å². The number of ether oxygens (including phenoxy) is 1. The van der Waals surface area contributed by atoms with Crippen LogP contribution in [0.1, 0.15) is 36.6 Å². The molecule has 1 aromatic carbocycles. The van der Waals surface area contributed by atoms with Crippen LogP contribution >= 0.6 is 11.3 Å². The molecule has 0 bridgehead atoms. The number of aliphatic carboxylic acids is 1. The van der Waals surface area contributed by atoms with E-state index in [4.69, 9.17) is 4.74 Å². The number of carboxylic acid groups (broad SMARTS) is 1. The summed E-state index contributed by atoms with van der Waals surface area (Å²) in [6.45, 7) is 3.68. The summed E-state index contributed by atoms with van der Waals surface area (Å²) in [5.41, 5.74) is 0.772. The quantitative estimate of drug-likeness (QED) is 0.653. The minimum absolute atomic E-state index is 0.0649. The van der Waals surface area contributed by atoms with E-state index in [1.807, 2.05) is 6.92 Å². The zero-order valence-electron chi connectivity index (χ0n) is 15.6. The normalized spacial score (nSPS) is 15.7. The third-order valence-electron chi connectivity index (χ3n) is 4.40. The molecule has 0 spiro atoms. The maximum Gasteiger partial charge on any atom is 0.337 e. The molecule has 150 valence electrons. The van der Waals surface area contributed by atoms with Gasteiger partial charge in [0.05, 0.1) is 12.2 Å². The highest BCUT2D eigenvalue weighted by Gasteiger charge is 2.29. The zero-order chi connectivity index (χ0) is 20.1. The average molecular weight is 422 g/mol. The van der Waals surface area contributed by atoms with E-state index in [1.54, 1.807) is 36.4 Å². The predicted octanol–water partition coefficient (Wildman–Crippen LogP) is 3.95. The summed E-state index contributed by atoms with van der Waals surface area (Å²) in [7, 11) is -3.55. The molecular formula is C20H23NO5S2. The molecule has 1 saturated heterocycles. The van der Waals surface area contributed by atoms with Crippen LogP contribution in [-0.4, -0.2) is 43.5 Å². The molecule has 0 unspecified atom stereocenters. The highest BCUT2D eigenvalue weighted by Crippen LogP contribution is 2.32. The van der Waals surface area contributed by atoms with E-state index in [-0.39, 0.29) is 9.78 Å². The Morgan fingerprint density at radius 2 is 1.86 bits per heavy atom. The Hall–Kier alpha value is -2.16. The van der Waals surface area contributed by atoms with Gasteiger partial charge in [-0.05, 0) is 55.2 Å². The van der Waals surface area contributed by atoms with Gasteiger partial charge >= 0.3 is 5.97 Å². The molecule has 6 nitrogen and oxygen atoms in total. The van der Waals surface area contributed by atoms with Gasteiger partial charge in [0.15, 0.2) is 0 Å². The van der Waals surface area contributed by atoms with Gasteiger partial charge in [-0.15, -0.1) is 11.3 Å². The fourth-order valence-corrected chi connectivity index (χ4v) is 5.93. The van der Waals surface area contributed by atoms with E-state index >= 15 is 0 Å². The number of carboxylic acids is 1. The summed E-state index contributed by atoms with van der Waals surface area (Å²) >= 11 is 0.993. The number of carbonyl (C=O) groups is 1. The Bertz CT molecular complexity index is 955. The SMILES string of the molecule is CCCOc1ccc(/C=C(\C(=O)O)c2ccc(S(=O)(=O)N3CCCC3)s2)cc1. The molecule has 2 aromatic rings. The first-order chi connectivity index (χ1) is 13.4. The maximum atomic E-state index is 12.7. The third-order valence-corrected chi connectivity index (χ3v) is 7.88. The van der Waals surface area contributed by atoms with Crippen molar-refractivity contribution >= 4 is 39.0 Å². The molecule has 0 radical (unpaired) electrons. The van der Waals surface area contributed by atoms with Crippen molar-refractivity contribution in [2.75, 3.05) is 19.7 Å². The predicted molar refractivity (Wildman–Crippen MR) is 110 cm³/mol. The first-order valence-corrected chi connectivity index (χ1v) is 11.5. The minimum Gasteiger partial charge on any atom is -0.494 e. The second-order valence-corrected chi connectivity index (χ2v) is 9.76. The van der Waals surface area contributed by atoms with E-state index in [0.29, 0.717) is 30.1 Å². The molecule has 3 rings (SSSR count). The highest BCUT2D eigenvalue weighted by molar-refractivity contribution is 7.91. The van der Waals surface area contributed by atoms with E-state index in [9.17, 15) is 18.3 Å². The second kappa shape index (κ2) is 8.89. The van der Waals surface area contributed by atoms with Gasteiger partial charge in [-0.2, -0.15) is 4.31 Å². The Morgan fingerprint density at radius 3 is 2.46 bits per heavy atom. The summed E-state index contributed by atoms with van der Waals surface area (Å²) in [6, 6.07) is 10.2. The van der Waals surface area contributed by atoms with Gasteiger partial charge in [-0.1, -0.05) is 19.1 Å². The third kappa shape index (κ3) is 4.63. The van der Waals surface area contributed by atoms with Crippen LogP contribution in [0.2, 0.25) is 0 Å². The number of thiophene rings is 1. The summed E-state index contributed by atoms with van der Waals surface area (Å²) in [4.78, 5) is 12.2. The topological polar surface area (TPSA) is 83.9 Å². The fourth-order valence-electron chi connectivity index (χ4n) is 2.94. The van der Waals surface area contributed by atoms with Crippen LogP contribution in [0.5, 0.6) is 5.75 Å². The molecule has 2 heterocycles. The van der Waals surface area contributed by atoms with Gasteiger partial charge in [0.2, 0.25) is 0 Å². The van der Waals surface area contributed by atoms with Crippen molar-refractivity contribution in [2.24, 2.45) is 0 Å². The Kier molecular flexibility index (Phi) is 6.53. The number of sulfonamides is 1. The second-order valence-electron chi connectivity index (χ2n) is 6.51. The molecule has 28 heavy (non-hydrogen) atoms. The summed E-state index contributed by atoms with van der Waals surface area (Å²) in [5.74, 6) is -0.371. The molecule has 1 aliphatic rings. The number of rotatable bonds is 8. The van der Waals surface area contributed by atoms with Crippen molar-refractivity contribution in [3.8, 4) is 5.75 Å². The van der Waals surface area contributed by atoms with Gasteiger partial charge in [-0.3, -0.25) is 0 Å². The number of benzene rings is 1. The highest BCUT2D eigenvalue weighted by atomic mass is 32.2.